The van der Waals surface area contributed by atoms with Crippen molar-refractivity contribution >= 4 is 5.69 Å². The summed E-state index contributed by atoms with van der Waals surface area (Å²) in [5.74, 6) is 1.16. The molecule has 0 aliphatic heterocycles. The first-order chi connectivity index (χ1) is 16.0. The average molecular weight is 455 g/mol. The Morgan fingerprint density at radius 2 is 1.79 bits per heavy atom. The first-order valence-corrected chi connectivity index (χ1v) is 11.2. The van der Waals surface area contributed by atoms with Crippen molar-refractivity contribution in [2.45, 2.75) is 26.9 Å². The van der Waals surface area contributed by atoms with E-state index in [0.717, 1.165) is 22.5 Å². The molecule has 8 nitrogen and oxygen atoms in total. The van der Waals surface area contributed by atoms with Gasteiger partial charge in [0.2, 0.25) is 0 Å². The van der Waals surface area contributed by atoms with Gasteiger partial charge in [0.15, 0.2) is 5.82 Å². The van der Waals surface area contributed by atoms with Crippen LogP contribution >= 0.6 is 0 Å². The third-order valence-corrected chi connectivity index (χ3v) is 4.91. The number of aromatic nitrogens is 3. The van der Waals surface area contributed by atoms with Crippen LogP contribution in [0.4, 0.5) is 5.69 Å². The van der Waals surface area contributed by atoms with E-state index in [-0.39, 0.29) is 0 Å². The van der Waals surface area contributed by atoms with E-state index in [1.165, 1.54) is 0 Å². The molecule has 1 unspecified atom stereocenters. The third-order valence-electron chi connectivity index (χ3n) is 4.91. The minimum absolute atomic E-state index is 0.303. The molecular formula is C25H34N4O4. The van der Waals surface area contributed by atoms with Gasteiger partial charge in [-0.15, -0.1) is 5.10 Å². The smallest absolute Gasteiger partial charge is 0.336 e. The summed E-state index contributed by atoms with van der Waals surface area (Å²) in [5.41, 5.74) is 3.84. The summed E-state index contributed by atoms with van der Waals surface area (Å²) in [4.78, 5) is 4.62. The maximum atomic E-state index is 10.1. The van der Waals surface area contributed by atoms with Crippen LogP contribution in [0.25, 0.3) is 17.1 Å². The van der Waals surface area contributed by atoms with Gasteiger partial charge >= 0.3 is 6.01 Å². The third kappa shape index (κ3) is 7.28. The fourth-order valence-corrected chi connectivity index (χ4v) is 3.20. The van der Waals surface area contributed by atoms with Crippen molar-refractivity contribution in [1.29, 1.82) is 0 Å². The first-order valence-electron chi connectivity index (χ1n) is 11.2. The first kappa shape index (κ1) is 24.7. The Kier molecular flexibility index (Phi) is 9.24. The number of methoxy groups -OCH3 is 1. The highest BCUT2D eigenvalue weighted by atomic mass is 16.5. The number of ether oxygens (including phenoxy) is 3. The van der Waals surface area contributed by atoms with Gasteiger partial charge in [0.25, 0.3) is 0 Å². The fourth-order valence-electron chi connectivity index (χ4n) is 3.20. The van der Waals surface area contributed by atoms with Crippen molar-refractivity contribution in [2.24, 2.45) is 5.92 Å². The number of anilines is 1. The molecule has 0 bridgehead atoms. The summed E-state index contributed by atoms with van der Waals surface area (Å²) in [6.07, 6.45) is -0.571. The molecule has 1 aromatic heterocycles. The highest BCUT2D eigenvalue weighted by molar-refractivity contribution is 5.63. The summed E-state index contributed by atoms with van der Waals surface area (Å²) < 4.78 is 18.0. The second-order valence-corrected chi connectivity index (χ2v) is 8.30. The molecule has 0 spiro atoms. The van der Waals surface area contributed by atoms with E-state index in [9.17, 15) is 5.11 Å². The predicted octanol–water partition coefficient (Wildman–Crippen LogP) is 3.71. The van der Waals surface area contributed by atoms with E-state index in [4.69, 9.17) is 14.2 Å². The fraction of sp³-hybridized carbons (Fsp3) is 0.440. The van der Waals surface area contributed by atoms with Crippen LogP contribution < -0.4 is 10.1 Å². The highest BCUT2D eigenvalue weighted by Gasteiger charge is 2.16. The summed E-state index contributed by atoms with van der Waals surface area (Å²) >= 11 is 0. The van der Waals surface area contributed by atoms with Gasteiger partial charge in [-0.2, -0.15) is 4.98 Å². The average Bonchev–Trinajstić information content (AvgIpc) is 3.22. The van der Waals surface area contributed by atoms with E-state index in [1.807, 2.05) is 55.5 Å². The maximum Gasteiger partial charge on any atom is 0.336 e. The molecule has 178 valence electrons. The van der Waals surface area contributed by atoms with Gasteiger partial charge in [0, 0.05) is 31.5 Å². The monoisotopic (exact) mass is 454 g/mol. The van der Waals surface area contributed by atoms with Crippen LogP contribution in [0.15, 0.2) is 48.5 Å². The molecule has 0 fully saturated rings. The maximum absolute atomic E-state index is 10.1. The molecule has 3 rings (SSSR count). The van der Waals surface area contributed by atoms with Crippen LogP contribution in [0.2, 0.25) is 0 Å². The van der Waals surface area contributed by atoms with Gasteiger partial charge < -0.3 is 24.6 Å². The molecule has 1 heterocycles. The van der Waals surface area contributed by atoms with Crippen LogP contribution in [-0.2, 0) is 9.47 Å². The lowest BCUT2D eigenvalue weighted by atomic mass is 10.1. The van der Waals surface area contributed by atoms with Crippen molar-refractivity contribution in [3.05, 3.63) is 54.1 Å². The minimum atomic E-state index is -0.571. The van der Waals surface area contributed by atoms with Crippen LogP contribution in [-0.4, -0.2) is 66.1 Å². The number of aliphatic hydroxyl groups is 1. The van der Waals surface area contributed by atoms with E-state index in [1.54, 1.807) is 11.8 Å². The SMILES string of the molecule is COCCOc1nc(-c2ccccc2C)n(-c2ccc(NCC(O)COCC(C)C)cc2)n1. The summed E-state index contributed by atoms with van der Waals surface area (Å²) in [6.45, 7) is 8.41. The van der Waals surface area contributed by atoms with Gasteiger partial charge in [-0.25, -0.2) is 4.68 Å². The van der Waals surface area contributed by atoms with Gasteiger partial charge in [0.05, 0.1) is 25.0 Å². The van der Waals surface area contributed by atoms with Crippen molar-refractivity contribution in [1.82, 2.24) is 14.8 Å². The van der Waals surface area contributed by atoms with Crippen molar-refractivity contribution in [2.75, 3.05) is 45.4 Å². The molecule has 3 aromatic rings. The second-order valence-electron chi connectivity index (χ2n) is 8.30. The van der Waals surface area contributed by atoms with E-state index in [0.29, 0.717) is 50.7 Å². The zero-order chi connectivity index (χ0) is 23.6. The van der Waals surface area contributed by atoms with E-state index < -0.39 is 6.10 Å². The zero-order valence-electron chi connectivity index (χ0n) is 19.8. The Morgan fingerprint density at radius 1 is 1.03 bits per heavy atom. The molecular weight excluding hydrogens is 420 g/mol. The van der Waals surface area contributed by atoms with Crippen LogP contribution in [0.3, 0.4) is 0 Å². The lowest BCUT2D eigenvalue weighted by molar-refractivity contribution is 0.0318. The summed E-state index contributed by atoms with van der Waals surface area (Å²) in [5, 5.41) is 17.9. The summed E-state index contributed by atoms with van der Waals surface area (Å²) in [7, 11) is 1.63. The van der Waals surface area contributed by atoms with Gasteiger partial charge in [0.1, 0.15) is 6.61 Å². The molecule has 0 radical (unpaired) electrons. The number of aliphatic hydroxyl groups excluding tert-OH is 1. The predicted molar refractivity (Wildman–Crippen MR) is 129 cm³/mol. The molecule has 2 N–H and O–H groups in total. The number of nitrogens with zero attached hydrogens (tertiary/aromatic N) is 3. The lowest BCUT2D eigenvalue weighted by Gasteiger charge is -2.14. The molecule has 1 atom stereocenters. The van der Waals surface area contributed by atoms with Gasteiger partial charge in [-0.3, -0.25) is 0 Å². The number of nitrogens with one attached hydrogen (secondary N) is 1. The molecule has 0 aliphatic carbocycles. The van der Waals surface area contributed by atoms with Crippen molar-refractivity contribution in [3.63, 3.8) is 0 Å². The Labute approximate surface area is 195 Å². The van der Waals surface area contributed by atoms with E-state index in [2.05, 4.69) is 29.2 Å². The summed E-state index contributed by atoms with van der Waals surface area (Å²) in [6, 6.07) is 16.2. The number of hydrogen-bond acceptors (Lipinski definition) is 7. The molecule has 0 aliphatic rings. The quantitative estimate of drug-likeness (QED) is 0.381. The van der Waals surface area contributed by atoms with Gasteiger partial charge in [-0.1, -0.05) is 38.1 Å². The minimum Gasteiger partial charge on any atom is -0.460 e. The van der Waals surface area contributed by atoms with Crippen LogP contribution in [0.5, 0.6) is 6.01 Å². The van der Waals surface area contributed by atoms with Crippen molar-refractivity contribution in [3.8, 4) is 23.1 Å². The Bertz CT molecular complexity index is 988. The van der Waals surface area contributed by atoms with E-state index >= 15 is 0 Å². The lowest BCUT2D eigenvalue weighted by Crippen LogP contribution is -2.25. The molecule has 2 aromatic carbocycles. The molecule has 8 heteroatoms. The standard InChI is InChI=1S/C25H34N4O4/c1-18(2)16-32-17-22(30)15-26-20-9-11-21(12-10-20)29-24(23-8-6-5-7-19(23)3)27-25(28-29)33-14-13-31-4/h5-12,18,22,26,30H,13-17H2,1-4H3. The number of aryl methyl sites for hydroxylation is 1. The topological polar surface area (TPSA) is 90.7 Å². The Morgan fingerprint density at radius 3 is 2.48 bits per heavy atom. The molecule has 0 saturated carbocycles. The second kappa shape index (κ2) is 12.3. The van der Waals surface area contributed by atoms with Gasteiger partial charge in [-0.05, 0) is 42.7 Å². The number of benzene rings is 2. The molecule has 0 amide bonds. The van der Waals surface area contributed by atoms with Crippen LogP contribution in [0.1, 0.15) is 19.4 Å². The normalized spacial score (nSPS) is 12.2. The van der Waals surface area contributed by atoms with Crippen LogP contribution in [0, 0.1) is 12.8 Å². The van der Waals surface area contributed by atoms with Crippen molar-refractivity contribution < 1.29 is 19.3 Å². The zero-order valence-corrected chi connectivity index (χ0v) is 19.8. The largest absolute Gasteiger partial charge is 0.460 e. The molecule has 33 heavy (non-hydrogen) atoms. The number of hydrogen-bond donors (Lipinski definition) is 2. The number of rotatable bonds is 13. The highest BCUT2D eigenvalue weighted by Crippen LogP contribution is 2.26. The molecule has 0 saturated heterocycles. The Hall–Kier alpha value is -2.94. The Balaban J connectivity index is 1.73.